The zero-order valence-electron chi connectivity index (χ0n) is 23.4. The predicted octanol–water partition coefficient (Wildman–Crippen LogP) is -1.28. The smallest absolute Gasteiger partial charge is 0.331 e. The Hall–Kier alpha value is -3.51. The number of carbonyl (C=O) groups is 1. The van der Waals surface area contributed by atoms with Crippen LogP contribution in [-0.4, -0.2) is 125 Å². The number of aromatic hydroxyl groups is 4. The van der Waals surface area contributed by atoms with Gasteiger partial charge in [0.1, 0.15) is 36.1 Å². The van der Waals surface area contributed by atoms with Gasteiger partial charge in [0.25, 0.3) is 0 Å². The van der Waals surface area contributed by atoms with Gasteiger partial charge in [-0.3, -0.25) is 0 Å². The third-order valence-electron chi connectivity index (χ3n) is 7.68. The van der Waals surface area contributed by atoms with Crippen molar-refractivity contribution in [2.24, 2.45) is 0 Å². The maximum Gasteiger partial charge on any atom is 0.331 e. The molecule has 0 bridgehead atoms. The van der Waals surface area contributed by atoms with Gasteiger partial charge in [0.15, 0.2) is 41.7 Å². The van der Waals surface area contributed by atoms with Gasteiger partial charge in [0.2, 0.25) is 0 Å². The maximum absolute atomic E-state index is 12.9. The predicted molar refractivity (Wildman–Crippen MR) is 147 cm³/mol. The number of esters is 1. The molecule has 2 aromatic rings. The molecule has 2 fully saturated rings. The lowest BCUT2D eigenvalue weighted by molar-refractivity contribution is -0.378. The highest BCUT2D eigenvalue weighted by Gasteiger charge is 2.59. The van der Waals surface area contributed by atoms with Crippen molar-refractivity contribution in [3.8, 4) is 23.0 Å². The van der Waals surface area contributed by atoms with Crippen LogP contribution in [-0.2, 0) is 30.2 Å². The van der Waals surface area contributed by atoms with E-state index >= 15 is 0 Å². The van der Waals surface area contributed by atoms with Crippen LogP contribution in [0.1, 0.15) is 24.5 Å². The Kier molecular flexibility index (Phi) is 10.3. The Labute approximate surface area is 251 Å². The first-order valence-corrected chi connectivity index (χ1v) is 13.7. The van der Waals surface area contributed by atoms with E-state index in [9.17, 15) is 55.9 Å². The largest absolute Gasteiger partial charge is 0.504 e. The molecule has 0 amide bonds. The molecule has 0 saturated carbocycles. The molecule has 10 N–H and O–H groups in total. The van der Waals surface area contributed by atoms with Crippen molar-refractivity contribution < 1.29 is 74.8 Å². The molecule has 2 saturated heterocycles. The normalized spacial score (nSPS) is 34.2. The van der Waals surface area contributed by atoms with Gasteiger partial charge >= 0.3 is 5.97 Å². The summed E-state index contributed by atoms with van der Waals surface area (Å²) in [5.41, 5.74) is -1.74. The molecule has 10 atom stereocenters. The Morgan fingerprint density at radius 3 is 2.20 bits per heavy atom. The molecule has 0 aliphatic carbocycles. The first-order valence-electron chi connectivity index (χ1n) is 13.7. The zero-order chi connectivity index (χ0) is 32.3. The van der Waals surface area contributed by atoms with E-state index in [4.69, 9.17) is 18.9 Å². The van der Waals surface area contributed by atoms with Crippen LogP contribution >= 0.6 is 0 Å². The second kappa shape index (κ2) is 13.6. The number of aryl methyl sites for hydroxylation is 1. The molecule has 44 heavy (non-hydrogen) atoms. The van der Waals surface area contributed by atoms with E-state index in [1.165, 1.54) is 49.4 Å². The summed E-state index contributed by atoms with van der Waals surface area (Å²) in [7, 11) is 0. The molecule has 0 radical (unpaired) electrons. The summed E-state index contributed by atoms with van der Waals surface area (Å²) in [4.78, 5) is 12.9. The Morgan fingerprint density at radius 2 is 1.57 bits per heavy atom. The molecule has 0 spiro atoms. The number of rotatable bonds is 9. The average molecular weight is 625 g/mol. The van der Waals surface area contributed by atoms with Crippen molar-refractivity contribution in [1.29, 1.82) is 0 Å². The van der Waals surface area contributed by atoms with Crippen LogP contribution in [0.3, 0.4) is 0 Å². The SMILES string of the molecule is C[C@@H]1O[C@@H](O[C@H]2[C@H](OC(=O)/C=C/c3ccc(O)c(O)c3)[C@@H](CO)O[C@@H](O)[C@@]2(O)CCc2ccc(O)c(O)c2)[C@H](O)[C@H](O)[C@H]1O. The Bertz CT molecular complexity index is 1330. The van der Waals surface area contributed by atoms with E-state index in [1.54, 1.807) is 0 Å². The fourth-order valence-electron chi connectivity index (χ4n) is 5.05. The van der Waals surface area contributed by atoms with Gasteiger partial charge in [-0.15, -0.1) is 0 Å². The topological polar surface area (TPSA) is 256 Å². The molecule has 0 aromatic heterocycles. The molecule has 242 valence electrons. The van der Waals surface area contributed by atoms with E-state index in [0.29, 0.717) is 11.1 Å². The molecule has 0 unspecified atom stereocenters. The van der Waals surface area contributed by atoms with Crippen LogP contribution in [0, 0.1) is 0 Å². The van der Waals surface area contributed by atoms with Crippen LogP contribution in [0.25, 0.3) is 6.08 Å². The van der Waals surface area contributed by atoms with Gasteiger partial charge < -0.3 is 70.0 Å². The first kappa shape index (κ1) is 33.4. The number of phenols is 4. The van der Waals surface area contributed by atoms with Gasteiger partial charge in [0, 0.05) is 6.08 Å². The fraction of sp³-hybridized carbons (Fsp3) is 0.483. The van der Waals surface area contributed by atoms with Crippen molar-refractivity contribution in [3.05, 3.63) is 53.6 Å². The van der Waals surface area contributed by atoms with Crippen LogP contribution in [0.15, 0.2) is 42.5 Å². The number of aliphatic hydroxyl groups excluding tert-OH is 5. The summed E-state index contributed by atoms with van der Waals surface area (Å²) in [6, 6.07) is 7.63. The van der Waals surface area contributed by atoms with Crippen LogP contribution < -0.4 is 0 Å². The van der Waals surface area contributed by atoms with E-state index < -0.39 is 85.0 Å². The van der Waals surface area contributed by atoms with E-state index in [1.807, 2.05) is 0 Å². The Morgan fingerprint density at radius 1 is 0.909 bits per heavy atom. The van der Waals surface area contributed by atoms with Crippen molar-refractivity contribution in [3.63, 3.8) is 0 Å². The number of hydrogen-bond acceptors (Lipinski definition) is 15. The fourth-order valence-corrected chi connectivity index (χ4v) is 5.05. The first-order chi connectivity index (χ1) is 20.7. The quantitative estimate of drug-likeness (QED) is 0.0885. The third-order valence-corrected chi connectivity index (χ3v) is 7.68. The number of phenolic OH excluding ortho intramolecular Hbond substituents is 4. The van der Waals surface area contributed by atoms with Crippen molar-refractivity contribution in [1.82, 2.24) is 0 Å². The minimum Gasteiger partial charge on any atom is -0.504 e. The standard InChI is InChI=1S/C29H36O15/c1-13-22(36)23(37)24(38)27(41-13)44-26-25(43-21(35)7-4-14-2-5-16(31)18(33)10-14)20(12-30)42-28(39)29(26,40)9-8-15-3-6-17(32)19(34)11-15/h2-7,10-11,13,20,22-28,30-34,36-40H,8-9,12H2,1H3/b7-4+/t13-,20+,22-,23+,24+,25+,26-,27-,28+,29+/m0/s1. The van der Waals surface area contributed by atoms with Crippen LogP contribution in [0.2, 0.25) is 0 Å². The van der Waals surface area contributed by atoms with E-state index in [0.717, 1.165) is 6.08 Å². The van der Waals surface area contributed by atoms with Crippen molar-refractivity contribution in [2.75, 3.05) is 6.61 Å². The number of aliphatic hydroxyl groups is 6. The zero-order valence-corrected chi connectivity index (χ0v) is 23.4. The number of benzene rings is 2. The van der Waals surface area contributed by atoms with Gasteiger partial charge in [-0.25, -0.2) is 4.79 Å². The lowest BCUT2D eigenvalue weighted by atomic mass is 9.81. The minimum absolute atomic E-state index is 0.0643. The molecule has 15 nitrogen and oxygen atoms in total. The summed E-state index contributed by atoms with van der Waals surface area (Å²) >= 11 is 0. The monoisotopic (exact) mass is 624 g/mol. The Balaban J connectivity index is 1.66. The number of carbonyl (C=O) groups excluding carboxylic acids is 1. The van der Waals surface area contributed by atoms with E-state index in [2.05, 4.69) is 0 Å². The highest BCUT2D eigenvalue weighted by Crippen LogP contribution is 2.39. The molecular weight excluding hydrogens is 588 g/mol. The summed E-state index contributed by atoms with van der Waals surface area (Å²) in [5, 5.41) is 103. The van der Waals surface area contributed by atoms with Crippen molar-refractivity contribution in [2.45, 2.75) is 80.7 Å². The number of hydrogen-bond donors (Lipinski definition) is 10. The van der Waals surface area contributed by atoms with Crippen LogP contribution in [0.5, 0.6) is 23.0 Å². The van der Waals surface area contributed by atoms with Gasteiger partial charge in [-0.05, 0) is 61.2 Å². The summed E-state index contributed by atoms with van der Waals surface area (Å²) in [6.45, 7) is 0.552. The summed E-state index contributed by atoms with van der Waals surface area (Å²) in [5.74, 6) is -2.70. The molecule has 4 rings (SSSR count). The summed E-state index contributed by atoms with van der Waals surface area (Å²) in [6.07, 6.45) is -13.1. The molecule has 2 aromatic carbocycles. The minimum atomic E-state index is -2.44. The van der Waals surface area contributed by atoms with Gasteiger partial charge in [0.05, 0.1) is 12.7 Å². The number of ether oxygens (including phenoxy) is 4. The second-order valence-corrected chi connectivity index (χ2v) is 10.7. The molecule has 2 aliphatic rings. The lowest BCUT2D eigenvalue weighted by Gasteiger charge is -2.51. The molecular formula is C29H36O15. The maximum atomic E-state index is 12.9. The summed E-state index contributed by atoms with van der Waals surface area (Å²) < 4.78 is 22.4. The van der Waals surface area contributed by atoms with Gasteiger partial charge in [-0.1, -0.05) is 12.1 Å². The van der Waals surface area contributed by atoms with E-state index in [-0.39, 0.29) is 24.3 Å². The average Bonchev–Trinajstić information content (AvgIpc) is 2.99. The highest BCUT2D eigenvalue weighted by atomic mass is 16.7. The lowest BCUT2D eigenvalue weighted by Crippen LogP contribution is -2.70. The highest BCUT2D eigenvalue weighted by molar-refractivity contribution is 5.87. The van der Waals surface area contributed by atoms with Crippen molar-refractivity contribution >= 4 is 12.0 Å². The molecule has 2 aliphatic heterocycles. The molecule has 2 heterocycles. The molecule has 15 heteroatoms. The third kappa shape index (κ3) is 7.07. The second-order valence-electron chi connectivity index (χ2n) is 10.7. The van der Waals surface area contributed by atoms with Gasteiger partial charge in [-0.2, -0.15) is 0 Å². The van der Waals surface area contributed by atoms with Crippen LogP contribution in [0.4, 0.5) is 0 Å².